The van der Waals surface area contributed by atoms with E-state index in [0.29, 0.717) is 13.1 Å². The van der Waals surface area contributed by atoms with Crippen molar-refractivity contribution in [2.75, 3.05) is 38.2 Å². The lowest BCUT2D eigenvalue weighted by Crippen LogP contribution is -2.48. The SMILES string of the molecule is COc1ccccc1N1CCN(C(=N)N=C(N)N)CC1. The van der Waals surface area contributed by atoms with Gasteiger partial charge in [-0.3, -0.25) is 5.41 Å². The smallest absolute Gasteiger partial charge is 0.221 e. The third-order valence-electron chi connectivity index (χ3n) is 3.24. The van der Waals surface area contributed by atoms with E-state index in [-0.39, 0.29) is 11.9 Å². The maximum Gasteiger partial charge on any atom is 0.221 e. The molecule has 1 aliphatic heterocycles. The van der Waals surface area contributed by atoms with Gasteiger partial charge in [0.2, 0.25) is 5.96 Å². The lowest BCUT2D eigenvalue weighted by Gasteiger charge is -2.36. The van der Waals surface area contributed by atoms with Crippen LogP contribution in [0.25, 0.3) is 0 Å². The van der Waals surface area contributed by atoms with Gasteiger partial charge >= 0.3 is 0 Å². The molecule has 0 aliphatic carbocycles. The normalized spacial score (nSPS) is 14.8. The van der Waals surface area contributed by atoms with Crippen molar-refractivity contribution in [1.82, 2.24) is 4.90 Å². The average molecular weight is 276 g/mol. The molecule has 20 heavy (non-hydrogen) atoms. The van der Waals surface area contributed by atoms with Crippen LogP contribution in [-0.4, -0.2) is 50.1 Å². The Bertz CT molecular complexity index is 503. The van der Waals surface area contributed by atoms with E-state index in [9.17, 15) is 0 Å². The fourth-order valence-electron chi connectivity index (χ4n) is 2.24. The van der Waals surface area contributed by atoms with E-state index in [1.807, 2.05) is 29.2 Å². The molecule has 0 atom stereocenters. The standard InChI is InChI=1S/C13H20N6O/c1-20-11-5-3-2-4-10(11)18-6-8-19(9-7-18)13(16)17-12(14)15/h2-5H,6-9H2,1H3,(H5,14,15,16,17). The summed E-state index contributed by atoms with van der Waals surface area (Å²) in [6.45, 7) is 2.99. The number of nitrogens with one attached hydrogen (secondary N) is 1. The third-order valence-corrected chi connectivity index (χ3v) is 3.24. The Hall–Kier alpha value is -2.44. The first-order valence-electron chi connectivity index (χ1n) is 6.43. The summed E-state index contributed by atoms with van der Waals surface area (Å²) >= 11 is 0. The number of benzene rings is 1. The van der Waals surface area contributed by atoms with E-state index in [1.54, 1.807) is 7.11 Å². The molecule has 0 spiro atoms. The quantitative estimate of drug-likeness (QED) is 0.522. The molecule has 5 N–H and O–H groups in total. The Kier molecular flexibility index (Phi) is 4.29. The average Bonchev–Trinajstić information content (AvgIpc) is 2.46. The number of para-hydroxylation sites is 2. The van der Waals surface area contributed by atoms with Crippen LogP contribution in [0.2, 0.25) is 0 Å². The van der Waals surface area contributed by atoms with Crippen LogP contribution in [0.3, 0.4) is 0 Å². The molecule has 2 rings (SSSR count). The second kappa shape index (κ2) is 6.14. The zero-order valence-electron chi connectivity index (χ0n) is 11.5. The number of anilines is 1. The lowest BCUT2D eigenvalue weighted by atomic mass is 10.2. The molecule has 1 fully saturated rings. The fraction of sp³-hybridized carbons (Fsp3) is 0.385. The van der Waals surface area contributed by atoms with Gasteiger partial charge in [-0.15, -0.1) is 0 Å². The molecule has 0 amide bonds. The molecule has 0 saturated carbocycles. The highest BCUT2D eigenvalue weighted by molar-refractivity contribution is 5.91. The van der Waals surface area contributed by atoms with Crippen molar-refractivity contribution in [2.24, 2.45) is 16.5 Å². The van der Waals surface area contributed by atoms with Gasteiger partial charge < -0.3 is 26.0 Å². The molecular formula is C13H20N6O. The lowest BCUT2D eigenvalue weighted by molar-refractivity contribution is 0.373. The molecule has 7 heteroatoms. The predicted octanol–water partition coefficient (Wildman–Crippen LogP) is 0.0254. The zero-order chi connectivity index (χ0) is 14.5. The topological polar surface area (TPSA) is 104 Å². The van der Waals surface area contributed by atoms with E-state index in [2.05, 4.69) is 9.89 Å². The molecule has 1 saturated heterocycles. The maximum absolute atomic E-state index is 7.80. The molecule has 0 unspecified atom stereocenters. The van der Waals surface area contributed by atoms with Crippen LogP contribution in [0.4, 0.5) is 5.69 Å². The fourth-order valence-corrected chi connectivity index (χ4v) is 2.24. The van der Waals surface area contributed by atoms with Gasteiger partial charge in [0.1, 0.15) is 5.75 Å². The Labute approximate surface area is 118 Å². The zero-order valence-corrected chi connectivity index (χ0v) is 11.5. The second-order valence-corrected chi connectivity index (χ2v) is 4.51. The van der Waals surface area contributed by atoms with Crippen molar-refractivity contribution in [3.05, 3.63) is 24.3 Å². The van der Waals surface area contributed by atoms with E-state index in [4.69, 9.17) is 21.6 Å². The third kappa shape index (κ3) is 3.11. The number of nitrogens with two attached hydrogens (primary N) is 2. The van der Waals surface area contributed by atoms with Crippen LogP contribution in [-0.2, 0) is 0 Å². The first-order valence-corrected chi connectivity index (χ1v) is 6.43. The van der Waals surface area contributed by atoms with Gasteiger partial charge in [-0.25, -0.2) is 0 Å². The van der Waals surface area contributed by atoms with Gasteiger partial charge in [0.25, 0.3) is 0 Å². The predicted molar refractivity (Wildman–Crippen MR) is 80.3 cm³/mol. The minimum Gasteiger partial charge on any atom is -0.495 e. The first-order chi connectivity index (χ1) is 9.61. The molecule has 1 aromatic rings. The summed E-state index contributed by atoms with van der Waals surface area (Å²) in [4.78, 5) is 7.86. The Morgan fingerprint density at radius 3 is 2.45 bits per heavy atom. The minimum atomic E-state index is -0.0813. The minimum absolute atomic E-state index is 0.0813. The monoisotopic (exact) mass is 276 g/mol. The molecule has 7 nitrogen and oxygen atoms in total. The van der Waals surface area contributed by atoms with Crippen LogP contribution in [0.15, 0.2) is 29.3 Å². The number of piperazine rings is 1. The van der Waals surface area contributed by atoms with Crippen molar-refractivity contribution in [3.8, 4) is 5.75 Å². The van der Waals surface area contributed by atoms with Crippen LogP contribution < -0.4 is 21.1 Å². The number of ether oxygens (including phenoxy) is 1. The number of guanidine groups is 2. The maximum atomic E-state index is 7.80. The summed E-state index contributed by atoms with van der Waals surface area (Å²) in [7, 11) is 1.67. The summed E-state index contributed by atoms with van der Waals surface area (Å²) in [6, 6.07) is 7.93. The van der Waals surface area contributed by atoms with Gasteiger partial charge in [-0.05, 0) is 12.1 Å². The van der Waals surface area contributed by atoms with Gasteiger partial charge in [0.15, 0.2) is 5.96 Å². The largest absolute Gasteiger partial charge is 0.495 e. The molecule has 1 heterocycles. The second-order valence-electron chi connectivity index (χ2n) is 4.51. The van der Waals surface area contributed by atoms with Crippen LogP contribution in [0.5, 0.6) is 5.75 Å². The molecular weight excluding hydrogens is 256 g/mol. The number of methoxy groups -OCH3 is 1. The highest BCUT2D eigenvalue weighted by Crippen LogP contribution is 2.28. The van der Waals surface area contributed by atoms with Crippen LogP contribution in [0.1, 0.15) is 0 Å². The Morgan fingerprint density at radius 1 is 1.20 bits per heavy atom. The van der Waals surface area contributed by atoms with Crippen LogP contribution >= 0.6 is 0 Å². The summed E-state index contributed by atoms with van der Waals surface area (Å²) in [6.07, 6.45) is 0. The number of rotatable bonds is 2. The number of aliphatic imine (C=N–C) groups is 1. The number of hydrogen-bond acceptors (Lipinski definition) is 3. The van der Waals surface area contributed by atoms with Crippen molar-refractivity contribution in [2.45, 2.75) is 0 Å². The van der Waals surface area contributed by atoms with Crippen molar-refractivity contribution in [3.63, 3.8) is 0 Å². The molecule has 0 radical (unpaired) electrons. The van der Waals surface area contributed by atoms with Crippen molar-refractivity contribution in [1.29, 1.82) is 5.41 Å². The van der Waals surface area contributed by atoms with E-state index < -0.39 is 0 Å². The molecule has 1 aliphatic rings. The number of nitrogens with zero attached hydrogens (tertiary/aromatic N) is 3. The van der Waals surface area contributed by atoms with Crippen LogP contribution in [0, 0.1) is 5.41 Å². The summed E-state index contributed by atoms with van der Waals surface area (Å²) in [5, 5.41) is 7.80. The molecule has 0 aromatic heterocycles. The highest BCUT2D eigenvalue weighted by Gasteiger charge is 2.20. The van der Waals surface area contributed by atoms with Gasteiger partial charge in [-0.2, -0.15) is 4.99 Å². The molecule has 0 bridgehead atoms. The van der Waals surface area contributed by atoms with Gasteiger partial charge in [-0.1, -0.05) is 12.1 Å². The van der Waals surface area contributed by atoms with Gasteiger partial charge in [0.05, 0.1) is 12.8 Å². The van der Waals surface area contributed by atoms with Crippen molar-refractivity contribution < 1.29 is 4.74 Å². The Balaban J connectivity index is 2.01. The first kappa shape index (κ1) is 14.0. The summed E-state index contributed by atoms with van der Waals surface area (Å²) in [5.41, 5.74) is 11.7. The Morgan fingerprint density at radius 2 is 1.85 bits per heavy atom. The van der Waals surface area contributed by atoms with Crippen molar-refractivity contribution >= 4 is 17.6 Å². The summed E-state index contributed by atoms with van der Waals surface area (Å²) < 4.78 is 5.37. The summed E-state index contributed by atoms with van der Waals surface area (Å²) in [5.74, 6) is 0.895. The molecule has 108 valence electrons. The highest BCUT2D eigenvalue weighted by atomic mass is 16.5. The number of hydrogen-bond donors (Lipinski definition) is 3. The van der Waals surface area contributed by atoms with E-state index >= 15 is 0 Å². The van der Waals surface area contributed by atoms with E-state index in [1.165, 1.54) is 0 Å². The van der Waals surface area contributed by atoms with E-state index in [0.717, 1.165) is 24.5 Å². The van der Waals surface area contributed by atoms with Gasteiger partial charge in [0, 0.05) is 26.2 Å². The molecule has 1 aromatic carbocycles.